The zero-order valence-corrected chi connectivity index (χ0v) is 26.7. The minimum atomic E-state index is -1.69. The lowest BCUT2D eigenvalue weighted by atomic mass is 10.0. The van der Waals surface area contributed by atoms with Gasteiger partial charge in [-0.25, -0.2) is 4.79 Å². The summed E-state index contributed by atoms with van der Waals surface area (Å²) in [5, 5.41) is 57.6. The van der Waals surface area contributed by atoms with E-state index in [1.807, 2.05) is 5.32 Å². The van der Waals surface area contributed by atoms with Crippen LogP contribution in [0.4, 0.5) is 0 Å². The molecular weight excluding hydrogens is 644 g/mol. The summed E-state index contributed by atoms with van der Waals surface area (Å²) < 4.78 is 0. The van der Waals surface area contributed by atoms with Gasteiger partial charge in [-0.1, -0.05) is 24.3 Å². The molecule has 266 valence electrons. The fraction of sp³-hybridized carbons (Fsp3) is 0.438. The molecule has 6 atom stereocenters. The Morgan fingerprint density at radius 1 is 0.816 bits per heavy atom. The number of nitrogens with two attached hydrogens (primary N) is 1. The normalized spacial score (nSPS) is 17.1. The predicted molar refractivity (Wildman–Crippen MR) is 172 cm³/mol. The number of carboxylic acid groups (broad SMARTS) is 1. The monoisotopic (exact) mass is 686 g/mol. The first-order valence-corrected chi connectivity index (χ1v) is 15.5. The van der Waals surface area contributed by atoms with Crippen molar-refractivity contribution in [1.29, 1.82) is 0 Å². The number of carbonyl (C=O) groups is 6. The van der Waals surface area contributed by atoms with Crippen molar-refractivity contribution < 1.29 is 54.3 Å². The van der Waals surface area contributed by atoms with Crippen LogP contribution in [0.5, 0.6) is 11.5 Å². The number of benzene rings is 2. The highest BCUT2D eigenvalue weighted by Crippen LogP contribution is 2.21. The third-order valence-corrected chi connectivity index (χ3v) is 7.90. The second-order valence-electron chi connectivity index (χ2n) is 11.6. The van der Waals surface area contributed by atoms with Crippen LogP contribution in [0, 0.1) is 0 Å². The summed E-state index contributed by atoms with van der Waals surface area (Å²) in [4.78, 5) is 78.7. The number of rotatable bonds is 16. The van der Waals surface area contributed by atoms with E-state index in [2.05, 4.69) is 16.0 Å². The summed E-state index contributed by atoms with van der Waals surface area (Å²) in [5.74, 6) is -5.51. The van der Waals surface area contributed by atoms with E-state index in [0.29, 0.717) is 17.5 Å². The number of likely N-dealkylation sites (tertiary alicyclic amines) is 1. The molecule has 0 radical (unpaired) electrons. The molecular formula is C32H42N6O11. The minimum absolute atomic E-state index is 0.00508. The largest absolute Gasteiger partial charge is 0.508 e. The molecule has 0 bridgehead atoms. The van der Waals surface area contributed by atoms with Crippen molar-refractivity contribution in [3.05, 3.63) is 59.7 Å². The molecule has 11 N–H and O–H groups in total. The lowest BCUT2D eigenvalue weighted by Gasteiger charge is -2.31. The quantitative estimate of drug-likeness (QED) is 0.0859. The summed E-state index contributed by atoms with van der Waals surface area (Å²) in [6.07, 6.45) is -1.05. The molecule has 3 rings (SSSR count). The second-order valence-corrected chi connectivity index (χ2v) is 11.6. The van der Waals surface area contributed by atoms with Gasteiger partial charge in [-0.2, -0.15) is 0 Å². The van der Waals surface area contributed by atoms with Gasteiger partial charge < -0.3 is 57.4 Å². The van der Waals surface area contributed by atoms with E-state index in [4.69, 9.17) is 10.8 Å². The number of aliphatic hydroxyl groups is 2. The molecule has 49 heavy (non-hydrogen) atoms. The molecule has 1 saturated heterocycles. The van der Waals surface area contributed by atoms with Crippen molar-refractivity contribution in [2.24, 2.45) is 5.73 Å². The summed E-state index contributed by atoms with van der Waals surface area (Å²) in [6.45, 7) is -0.0660. The molecule has 1 aliphatic rings. The molecule has 6 unspecified atom stereocenters. The Kier molecular flexibility index (Phi) is 13.8. The molecule has 0 aromatic heterocycles. The first kappa shape index (κ1) is 38.2. The fourth-order valence-electron chi connectivity index (χ4n) is 5.28. The van der Waals surface area contributed by atoms with Crippen molar-refractivity contribution in [2.75, 3.05) is 19.7 Å². The van der Waals surface area contributed by atoms with Crippen LogP contribution in [0.1, 0.15) is 30.9 Å². The number of nitrogens with one attached hydrogen (secondary N) is 4. The third kappa shape index (κ3) is 10.9. The Balaban J connectivity index is 1.86. The van der Waals surface area contributed by atoms with Gasteiger partial charge in [-0.05, 0) is 55.2 Å². The van der Waals surface area contributed by atoms with Crippen molar-refractivity contribution in [1.82, 2.24) is 26.2 Å². The lowest BCUT2D eigenvalue weighted by molar-refractivity contribution is -0.145. The summed E-state index contributed by atoms with van der Waals surface area (Å²) in [5.41, 5.74) is 6.59. The maximum Gasteiger partial charge on any atom is 0.328 e. The van der Waals surface area contributed by atoms with E-state index in [0.717, 1.165) is 0 Å². The van der Waals surface area contributed by atoms with Crippen molar-refractivity contribution >= 4 is 35.5 Å². The van der Waals surface area contributed by atoms with Gasteiger partial charge in [0.25, 0.3) is 0 Å². The Morgan fingerprint density at radius 2 is 1.35 bits per heavy atom. The number of carbonyl (C=O) groups excluding carboxylic acids is 5. The van der Waals surface area contributed by atoms with E-state index < -0.39 is 85.0 Å². The van der Waals surface area contributed by atoms with Gasteiger partial charge in [0.05, 0.1) is 19.3 Å². The van der Waals surface area contributed by atoms with Gasteiger partial charge >= 0.3 is 5.97 Å². The first-order valence-electron chi connectivity index (χ1n) is 15.5. The molecule has 5 amide bonds. The molecule has 0 aliphatic carbocycles. The van der Waals surface area contributed by atoms with Crippen LogP contribution in [-0.2, 0) is 41.6 Å². The Labute approximate surface area is 281 Å². The van der Waals surface area contributed by atoms with E-state index in [-0.39, 0.29) is 37.3 Å². The van der Waals surface area contributed by atoms with Crippen molar-refractivity contribution in [2.45, 2.75) is 68.9 Å². The molecule has 17 heteroatoms. The van der Waals surface area contributed by atoms with Crippen molar-refractivity contribution in [3.8, 4) is 11.5 Å². The Morgan fingerprint density at radius 3 is 1.84 bits per heavy atom. The summed E-state index contributed by atoms with van der Waals surface area (Å²) >= 11 is 0. The Bertz CT molecular complexity index is 1490. The van der Waals surface area contributed by atoms with Gasteiger partial charge in [0.15, 0.2) is 0 Å². The number of phenols is 2. The molecule has 1 aliphatic heterocycles. The van der Waals surface area contributed by atoms with Crippen LogP contribution in [0.25, 0.3) is 0 Å². The number of aromatic hydroxyl groups is 2. The van der Waals surface area contributed by atoms with Crippen LogP contribution in [0.15, 0.2) is 48.5 Å². The fourth-order valence-corrected chi connectivity index (χ4v) is 5.28. The third-order valence-electron chi connectivity index (χ3n) is 7.90. The topological polar surface area (TPSA) is 281 Å². The summed E-state index contributed by atoms with van der Waals surface area (Å²) in [6, 6.07) is 4.90. The zero-order chi connectivity index (χ0) is 36.2. The minimum Gasteiger partial charge on any atom is -0.508 e. The van der Waals surface area contributed by atoms with E-state index in [1.165, 1.54) is 36.1 Å². The number of phenolic OH excluding ortho intramolecular Hbond substituents is 2. The smallest absolute Gasteiger partial charge is 0.328 e. The standard InChI is InChI=1S/C32H42N6O11/c1-17(40)27(30(46)36-24(16-39)32(48)49)37-29(45)25-3-2-12-38(25)31(47)23(14-19-6-10-21(42)11-7-19)35-28(44)22(34-26(43)15-33)13-18-4-8-20(41)9-5-18/h4-11,17,22-25,27,39-42H,2-3,12-16,33H2,1H3,(H,34,43)(H,35,44)(H,36,46)(H,37,45)(H,48,49). The maximum absolute atomic E-state index is 14.1. The van der Waals surface area contributed by atoms with Crippen LogP contribution in [-0.4, -0.2) is 122 Å². The first-order chi connectivity index (χ1) is 23.2. The van der Waals surface area contributed by atoms with Crippen molar-refractivity contribution in [3.63, 3.8) is 0 Å². The van der Waals surface area contributed by atoms with E-state index in [1.54, 1.807) is 24.3 Å². The molecule has 2 aromatic carbocycles. The average Bonchev–Trinajstić information content (AvgIpc) is 3.56. The summed E-state index contributed by atoms with van der Waals surface area (Å²) in [7, 11) is 0. The zero-order valence-electron chi connectivity index (χ0n) is 26.7. The number of aliphatic carboxylic acids is 1. The number of nitrogens with zero attached hydrogens (tertiary/aromatic N) is 1. The van der Waals surface area contributed by atoms with Crippen LogP contribution in [0.2, 0.25) is 0 Å². The van der Waals surface area contributed by atoms with Gasteiger partial charge in [0.1, 0.15) is 41.7 Å². The molecule has 0 spiro atoms. The highest BCUT2D eigenvalue weighted by Gasteiger charge is 2.40. The van der Waals surface area contributed by atoms with E-state index in [9.17, 15) is 49.2 Å². The molecule has 1 fully saturated rings. The number of amides is 5. The maximum atomic E-state index is 14.1. The van der Waals surface area contributed by atoms with E-state index >= 15 is 0 Å². The lowest BCUT2D eigenvalue weighted by Crippen LogP contribution is -2.61. The highest BCUT2D eigenvalue weighted by molar-refractivity contribution is 5.96. The highest BCUT2D eigenvalue weighted by atomic mass is 16.4. The van der Waals surface area contributed by atoms with Gasteiger partial charge in [0.2, 0.25) is 29.5 Å². The second kappa shape index (κ2) is 17.8. The van der Waals surface area contributed by atoms with Gasteiger partial charge in [-0.15, -0.1) is 0 Å². The van der Waals surface area contributed by atoms with Crippen LogP contribution < -0.4 is 27.0 Å². The number of aliphatic hydroxyl groups excluding tert-OH is 2. The van der Waals surface area contributed by atoms with Crippen LogP contribution >= 0.6 is 0 Å². The molecule has 17 nitrogen and oxygen atoms in total. The van der Waals surface area contributed by atoms with Gasteiger partial charge in [0, 0.05) is 19.4 Å². The average molecular weight is 687 g/mol. The number of hydrogen-bond donors (Lipinski definition) is 10. The SMILES string of the molecule is CC(O)C(NC(=O)C1CCCN1C(=O)C(Cc1ccc(O)cc1)NC(=O)C(Cc1ccc(O)cc1)NC(=O)CN)C(=O)NC(CO)C(=O)O. The number of hydrogen-bond acceptors (Lipinski definition) is 11. The van der Waals surface area contributed by atoms with Crippen LogP contribution in [0.3, 0.4) is 0 Å². The predicted octanol–water partition coefficient (Wildman–Crippen LogP) is -2.77. The number of carboxylic acids is 1. The molecule has 0 saturated carbocycles. The van der Waals surface area contributed by atoms with Gasteiger partial charge in [-0.3, -0.25) is 24.0 Å². The Hall–Kier alpha value is -5.26. The molecule has 2 aromatic rings. The molecule has 1 heterocycles.